The number of methoxy groups -OCH3 is 1. The molecule has 2 amide bonds. The van der Waals surface area contributed by atoms with Gasteiger partial charge in [-0.2, -0.15) is 0 Å². The SMILES string of the molecule is COc1ccc(CN(C(=O)CN(c2c(C)cccc2C)S(C)(=O)=O)[C@@H](C)C(=O)NC2CCCCC2)cc1. The van der Waals surface area contributed by atoms with Crippen molar-refractivity contribution in [2.75, 3.05) is 24.2 Å². The van der Waals surface area contributed by atoms with E-state index in [1.54, 1.807) is 26.2 Å². The molecule has 0 spiro atoms. The van der Waals surface area contributed by atoms with Gasteiger partial charge in [0.25, 0.3) is 0 Å². The Morgan fingerprint density at radius 1 is 1.03 bits per heavy atom. The fourth-order valence-corrected chi connectivity index (χ4v) is 5.82. The summed E-state index contributed by atoms with van der Waals surface area (Å²) in [5.74, 6) is 0.00456. The standard InChI is InChI=1S/C28H39N3O5S/c1-20-10-9-11-21(2)27(20)31(37(5,34)35)19-26(32)30(18-23-14-16-25(36-4)17-15-23)22(3)28(33)29-24-12-7-6-8-13-24/h9-11,14-17,22,24H,6-8,12-13,18-19H2,1-5H3,(H,29,33)/t22-/m0/s1. The van der Waals surface area contributed by atoms with E-state index in [-0.39, 0.29) is 18.5 Å². The van der Waals surface area contributed by atoms with Crippen LogP contribution in [0.25, 0.3) is 0 Å². The Morgan fingerprint density at radius 2 is 1.62 bits per heavy atom. The monoisotopic (exact) mass is 529 g/mol. The summed E-state index contributed by atoms with van der Waals surface area (Å²) in [5, 5.41) is 3.11. The fraction of sp³-hybridized carbons (Fsp3) is 0.500. The van der Waals surface area contributed by atoms with Gasteiger partial charge in [-0.3, -0.25) is 13.9 Å². The van der Waals surface area contributed by atoms with Crippen LogP contribution in [0.3, 0.4) is 0 Å². The lowest BCUT2D eigenvalue weighted by Crippen LogP contribution is -2.53. The average Bonchev–Trinajstić information content (AvgIpc) is 2.86. The molecule has 1 aliphatic carbocycles. The van der Waals surface area contributed by atoms with Gasteiger partial charge >= 0.3 is 0 Å². The van der Waals surface area contributed by atoms with Crippen molar-refractivity contribution in [1.82, 2.24) is 10.2 Å². The first-order valence-electron chi connectivity index (χ1n) is 12.8. The third-order valence-electron chi connectivity index (χ3n) is 7.00. The van der Waals surface area contributed by atoms with Crippen molar-refractivity contribution in [3.05, 3.63) is 59.2 Å². The summed E-state index contributed by atoms with van der Waals surface area (Å²) in [7, 11) is -2.19. The Morgan fingerprint density at radius 3 is 2.16 bits per heavy atom. The first-order chi connectivity index (χ1) is 17.5. The molecule has 0 bridgehead atoms. The maximum absolute atomic E-state index is 13.8. The molecule has 3 rings (SSSR count). The zero-order valence-corrected chi connectivity index (χ0v) is 23.3. The number of para-hydroxylation sites is 1. The maximum Gasteiger partial charge on any atom is 0.244 e. The summed E-state index contributed by atoms with van der Waals surface area (Å²) in [6.07, 6.45) is 6.28. The highest BCUT2D eigenvalue weighted by Crippen LogP contribution is 2.27. The van der Waals surface area contributed by atoms with E-state index in [2.05, 4.69) is 5.32 Å². The van der Waals surface area contributed by atoms with Crippen LogP contribution in [0.1, 0.15) is 55.7 Å². The number of aryl methyl sites for hydroxylation is 2. The molecule has 0 radical (unpaired) electrons. The Balaban J connectivity index is 1.90. The van der Waals surface area contributed by atoms with Crippen LogP contribution >= 0.6 is 0 Å². The number of anilines is 1. The van der Waals surface area contributed by atoms with E-state index in [0.29, 0.717) is 11.4 Å². The van der Waals surface area contributed by atoms with E-state index in [0.717, 1.165) is 52.9 Å². The van der Waals surface area contributed by atoms with Gasteiger partial charge in [0.05, 0.1) is 19.1 Å². The number of rotatable bonds is 10. The van der Waals surface area contributed by atoms with Gasteiger partial charge in [-0.25, -0.2) is 8.42 Å². The molecular formula is C28H39N3O5S. The molecule has 0 unspecified atom stereocenters. The van der Waals surface area contributed by atoms with Gasteiger partial charge in [0, 0.05) is 12.6 Å². The predicted octanol–water partition coefficient (Wildman–Crippen LogP) is 3.94. The number of hydrogen-bond acceptors (Lipinski definition) is 5. The van der Waals surface area contributed by atoms with Crippen LogP contribution < -0.4 is 14.4 Å². The predicted molar refractivity (Wildman–Crippen MR) is 146 cm³/mol. The normalized spacial score (nSPS) is 15.1. The Labute approximate surface area is 221 Å². The lowest BCUT2D eigenvalue weighted by atomic mass is 9.95. The Bertz CT molecular complexity index is 1170. The summed E-state index contributed by atoms with van der Waals surface area (Å²) in [5.41, 5.74) is 2.80. The third kappa shape index (κ3) is 7.47. The molecule has 1 aliphatic rings. The first kappa shape index (κ1) is 28.5. The highest BCUT2D eigenvalue weighted by atomic mass is 32.2. The number of nitrogens with zero attached hydrogens (tertiary/aromatic N) is 2. The molecule has 0 aromatic heterocycles. The minimum Gasteiger partial charge on any atom is -0.497 e. The number of hydrogen-bond donors (Lipinski definition) is 1. The molecule has 0 saturated heterocycles. The molecule has 0 heterocycles. The van der Waals surface area contributed by atoms with Gasteiger partial charge in [-0.15, -0.1) is 0 Å². The highest BCUT2D eigenvalue weighted by molar-refractivity contribution is 7.92. The van der Waals surface area contributed by atoms with Crippen molar-refractivity contribution in [2.24, 2.45) is 0 Å². The number of nitrogens with one attached hydrogen (secondary N) is 1. The second-order valence-electron chi connectivity index (χ2n) is 9.90. The fourth-order valence-electron chi connectivity index (χ4n) is 4.85. The topological polar surface area (TPSA) is 96.0 Å². The highest BCUT2D eigenvalue weighted by Gasteiger charge is 2.32. The molecule has 0 aliphatic heterocycles. The smallest absolute Gasteiger partial charge is 0.244 e. The van der Waals surface area contributed by atoms with E-state index < -0.39 is 28.5 Å². The van der Waals surface area contributed by atoms with E-state index in [9.17, 15) is 18.0 Å². The van der Waals surface area contributed by atoms with Gasteiger partial charge in [-0.1, -0.05) is 49.6 Å². The van der Waals surface area contributed by atoms with Crippen LogP contribution in [0, 0.1) is 13.8 Å². The quantitative estimate of drug-likeness (QED) is 0.503. The van der Waals surface area contributed by atoms with E-state index in [4.69, 9.17) is 4.74 Å². The zero-order chi connectivity index (χ0) is 27.2. The molecule has 202 valence electrons. The molecule has 2 aromatic rings. The number of benzene rings is 2. The summed E-state index contributed by atoms with van der Waals surface area (Å²) in [6, 6.07) is 12.1. The van der Waals surface area contributed by atoms with Gasteiger partial charge in [0.15, 0.2) is 0 Å². The number of carbonyl (C=O) groups excluding carboxylic acids is 2. The van der Waals surface area contributed by atoms with Crippen molar-refractivity contribution in [3.8, 4) is 5.75 Å². The van der Waals surface area contributed by atoms with E-state index in [1.165, 1.54) is 11.3 Å². The largest absolute Gasteiger partial charge is 0.497 e. The summed E-state index contributed by atoms with van der Waals surface area (Å²) >= 11 is 0. The summed E-state index contributed by atoms with van der Waals surface area (Å²) in [6.45, 7) is 5.10. The molecule has 37 heavy (non-hydrogen) atoms. The molecule has 1 atom stereocenters. The van der Waals surface area contributed by atoms with Gasteiger partial charge < -0.3 is 15.0 Å². The van der Waals surface area contributed by atoms with Crippen LogP contribution in [-0.2, 0) is 26.2 Å². The minimum atomic E-state index is -3.77. The minimum absolute atomic E-state index is 0.101. The summed E-state index contributed by atoms with van der Waals surface area (Å²) in [4.78, 5) is 28.5. The lowest BCUT2D eigenvalue weighted by molar-refractivity contribution is -0.139. The number of carbonyl (C=O) groups is 2. The Kier molecular flexibility index (Phi) is 9.59. The molecule has 1 fully saturated rings. The molecule has 9 heteroatoms. The van der Waals surface area contributed by atoms with Crippen molar-refractivity contribution in [2.45, 2.75) is 71.5 Å². The van der Waals surface area contributed by atoms with Crippen molar-refractivity contribution in [1.29, 1.82) is 0 Å². The second kappa shape index (κ2) is 12.4. The van der Waals surface area contributed by atoms with Crippen molar-refractivity contribution in [3.63, 3.8) is 0 Å². The van der Waals surface area contributed by atoms with E-state index in [1.807, 2.05) is 44.2 Å². The van der Waals surface area contributed by atoms with Gasteiger partial charge in [0.2, 0.25) is 21.8 Å². The lowest BCUT2D eigenvalue weighted by Gasteiger charge is -2.33. The van der Waals surface area contributed by atoms with Crippen molar-refractivity contribution >= 4 is 27.5 Å². The average molecular weight is 530 g/mol. The third-order valence-corrected chi connectivity index (χ3v) is 8.11. The first-order valence-corrected chi connectivity index (χ1v) is 14.6. The maximum atomic E-state index is 13.8. The molecular weight excluding hydrogens is 490 g/mol. The molecule has 8 nitrogen and oxygen atoms in total. The molecule has 2 aromatic carbocycles. The van der Waals surface area contributed by atoms with Crippen molar-refractivity contribution < 1.29 is 22.7 Å². The Hall–Kier alpha value is -3.07. The van der Waals surface area contributed by atoms with Crippen LogP contribution in [0.15, 0.2) is 42.5 Å². The number of sulfonamides is 1. The van der Waals surface area contributed by atoms with Crippen LogP contribution in [0.2, 0.25) is 0 Å². The second-order valence-corrected chi connectivity index (χ2v) is 11.8. The van der Waals surface area contributed by atoms with E-state index >= 15 is 0 Å². The molecule has 1 saturated carbocycles. The number of amides is 2. The van der Waals surface area contributed by atoms with Crippen LogP contribution in [0.4, 0.5) is 5.69 Å². The van der Waals surface area contributed by atoms with Gasteiger partial charge in [-0.05, 0) is 62.4 Å². The zero-order valence-electron chi connectivity index (χ0n) is 22.5. The summed E-state index contributed by atoms with van der Waals surface area (Å²) < 4.78 is 32.1. The van der Waals surface area contributed by atoms with Crippen LogP contribution in [0.5, 0.6) is 5.75 Å². The number of ether oxygens (including phenoxy) is 1. The van der Waals surface area contributed by atoms with Gasteiger partial charge in [0.1, 0.15) is 18.3 Å². The molecule has 1 N–H and O–H groups in total. The van der Waals surface area contributed by atoms with Crippen LogP contribution in [-0.4, -0.2) is 57.1 Å².